The lowest BCUT2D eigenvalue weighted by atomic mass is 9.97. The third kappa shape index (κ3) is 4.13. The first-order valence-electron chi connectivity index (χ1n) is 6.52. The number of carbonyl (C=O) groups excluding carboxylic acids is 1. The van der Waals surface area contributed by atoms with Gasteiger partial charge in [-0.2, -0.15) is 0 Å². The predicted octanol–water partition coefficient (Wildman–Crippen LogP) is 5.54. The SMILES string of the molecule is CN(C)/C=C(/C(=O)c1ccc(Br)cc1Cl)c1ccc(Cl)cc1. The molecule has 0 aliphatic heterocycles. The van der Waals surface area contributed by atoms with Gasteiger partial charge < -0.3 is 4.90 Å². The van der Waals surface area contributed by atoms with Gasteiger partial charge in [-0.3, -0.25) is 4.79 Å². The van der Waals surface area contributed by atoms with Crippen LogP contribution in [-0.4, -0.2) is 24.8 Å². The summed E-state index contributed by atoms with van der Waals surface area (Å²) in [5.74, 6) is -0.131. The van der Waals surface area contributed by atoms with Gasteiger partial charge in [-0.05, 0) is 35.9 Å². The van der Waals surface area contributed by atoms with Crippen LogP contribution in [-0.2, 0) is 0 Å². The third-order valence-corrected chi connectivity index (χ3v) is 4.02. The van der Waals surface area contributed by atoms with E-state index in [-0.39, 0.29) is 5.78 Å². The number of carbonyl (C=O) groups is 1. The topological polar surface area (TPSA) is 20.3 Å². The number of Topliss-reactive ketones (excluding diaryl/α,β-unsaturated/α-hetero) is 1. The highest BCUT2D eigenvalue weighted by molar-refractivity contribution is 9.10. The monoisotopic (exact) mass is 397 g/mol. The molecule has 0 heterocycles. The van der Waals surface area contributed by atoms with Gasteiger partial charge in [-0.25, -0.2) is 0 Å². The summed E-state index contributed by atoms with van der Waals surface area (Å²) in [5.41, 5.74) is 1.82. The molecule has 0 aliphatic carbocycles. The van der Waals surface area contributed by atoms with E-state index in [1.165, 1.54) is 0 Å². The molecule has 0 spiro atoms. The number of hydrogen-bond donors (Lipinski definition) is 0. The quantitative estimate of drug-likeness (QED) is 0.497. The minimum atomic E-state index is -0.131. The van der Waals surface area contributed by atoms with Crippen LogP contribution in [0.1, 0.15) is 15.9 Å². The molecule has 0 bridgehead atoms. The average molecular weight is 399 g/mol. The van der Waals surface area contributed by atoms with Gasteiger partial charge in [-0.15, -0.1) is 0 Å². The van der Waals surface area contributed by atoms with E-state index in [1.807, 2.05) is 31.1 Å². The molecule has 0 unspecified atom stereocenters. The minimum absolute atomic E-state index is 0.131. The van der Waals surface area contributed by atoms with Crippen LogP contribution in [0.5, 0.6) is 0 Å². The summed E-state index contributed by atoms with van der Waals surface area (Å²) in [6.45, 7) is 0. The molecule has 2 aromatic rings. The molecular formula is C17H14BrCl2NO. The van der Waals surface area contributed by atoms with E-state index < -0.39 is 0 Å². The number of halogens is 3. The Balaban J connectivity index is 2.50. The zero-order valence-corrected chi connectivity index (χ0v) is 15.2. The molecule has 2 rings (SSSR count). The van der Waals surface area contributed by atoms with Gasteiger partial charge in [0, 0.05) is 40.9 Å². The molecular weight excluding hydrogens is 385 g/mol. The van der Waals surface area contributed by atoms with Crippen molar-refractivity contribution in [2.24, 2.45) is 0 Å². The maximum atomic E-state index is 12.9. The Hall–Kier alpha value is -1.29. The van der Waals surface area contributed by atoms with Crippen LogP contribution >= 0.6 is 39.1 Å². The lowest BCUT2D eigenvalue weighted by Gasteiger charge is -2.13. The molecule has 0 aromatic heterocycles. The fraction of sp³-hybridized carbons (Fsp3) is 0.118. The number of nitrogens with zero attached hydrogens (tertiary/aromatic N) is 1. The Kier molecular flexibility index (Phi) is 5.68. The van der Waals surface area contributed by atoms with Gasteiger partial charge in [0.25, 0.3) is 0 Å². The van der Waals surface area contributed by atoms with Crippen LogP contribution in [0.15, 0.2) is 53.1 Å². The third-order valence-electron chi connectivity index (χ3n) is 2.96. The van der Waals surface area contributed by atoms with Gasteiger partial charge >= 0.3 is 0 Å². The average Bonchev–Trinajstić information content (AvgIpc) is 2.45. The van der Waals surface area contributed by atoms with Crippen LogP contribution in [0.25, 0.3) is 5.57 Å². The molecule has 22 heavy (non-hydrogen) atoms. The van der Waals surface area contributed by atoms with E-state index in [2.05, 4.69) is 15.9 Å². The maximum Gasteiger partial charge on any atom is 0.196 e. The maximum absolute atomic E-state index is 12.9. The second-order valence-corrected chi connectivity index (χ2v) is 6.73. The van der Waals surface area contributed by atoms with Crippen LogP contribution in [0, 0.1) is 0 Å². The Morgan fingerprint density at radius 1 is 1.09 bits per heavy atom. The van der Waals surface area contributed by atoms with E-state index in [9.17, 15) is 4.79 Å². The molecule has 5 heteroatoms. The van der Waals surface area contributed by atoms with Gasteiger partial charge in [0.1, 0.15) is 0 Å². The molecule has 0 saturated heterocycles. The Morgan fingerprint density at radius 2 is 1.73 bits per heavy atom. The summed E-state index contributed by atoms with van der Waals surface area (Å²) in [6.07, 6.45) is 1.78. The summed E-state index contributed by atoms with van der Waals surface area (Å²) in [7, 11) is 3.73. The van der Waals surface area contributed by atoms with Crippen molar-refractivity contribution in [1.29, 1.82) is 0 Å². The molecule has 0 N–H and O–H groups in total. The molecule has 0 radical (unpaired) electrons. The second kappa shape index (κ2) is 7.32. The van der Waals surface area contributed by atoms with Crippen LogP contribution < -0.4 is 0 Å². The van der Waals surface area contributed by atoms with E-state index in [1.54, 1.807) is 36.5 Å². The second-order valence-electron chi connectivity index (χ2n) is 4.97. The predicted molar refractivity (Wildman–Crippen MR) is 96.6 cm³/mol. The molecule has 2 aromatic carbocycles. The zero-order valence-electron chi connectivity index (χ0n) is 12.1. The molecule has 0 atom stereocenters. The first-order valence-corrected chi connectivity index (χ1v) is 8.07. The molecule has 0 saturated carbocycles. The van der Waals surface area contributed by atoms with Gasteiger partial charge in [0.2, 0.25) is 0 Å². The van der Waals surface area contributed by atoms with E-state index in [0.717, 1.165) is 10.0 Å². The van der Waals surface area contributed by atoms with Crippen molar-refractivity contribution in [2.45, 2.75) is 0 Å². The van der Waals surface area contributed by atoms with Gasteiger partial charge in [0.05, 0.1) is 5.02 Å². The number of ketones is 1. The fourth-order valence-electron chi connectivity index (χ4n) is 1.97. The first-order chi connectivity index (χ1) is 10.4. The van der Waals surface area contributed by atoms with Crippen molar-refractivity contribution >= 4 is 50.5 Å². The Labute approximate surface area is 148 Å². The van der Waals surface area contributed by atoms with Crippen molar-refractivity contribution < 1.29 is 4.79 Å². The standard InChI is InChI=1S/C17H14BrCl2NO/c1-21(2)10-15(11-3-6-13(19)7-4-11)17(22)14-8-5-12(18)9-16(14)20/h3-10H,1-2H3/b15-10+. The lowest BCUT2D eigenvalue weighted by molar-refractivity contribution is 0.105. The summed E-state index contributed by atoms with van der Waals surface area (Å²) >= 11 is 15.5. The molecule has 2 nitrogen and oxygen atoms in total. The molecule has 114 valence electrons. The number of hydrogen-bond acceptors (Lipinski definition) is 2. The number of allylic oxidation sites excluding steroid dienone is 1. The van der Waals surface area contributed by atoms with Crippen LogP contribution in [0.3, 0.4) is 0 Å². The molecule has 0 fully saturated rings. The van der Waals surface area contributed by atoms with Gasteiger partial charge in [0.15, 0.2) is 5.78 Å². The Morgan fingerprint density at radius 3 is 2.27 bits per heavy atom. The van der Waals surface area contributed by atoms with Crippen molar-refractivity contribution in [3.05, 3.63) is 74.3 Å². The van der Waals surface area contributed by atoms with Crippen molar-refractivity contribution in [2.75, 3.05) is 14.1 Å². The summed E-state index contributed by atoms with van der Waals surface area (Å²) in [5, 5.41) is 1.04. The molecule has 0 aliphatic rings. The summed E-state index contributed by atoms with van der Waals surface area (Å²) in [6, 6.07) is 12.4. The number of rotatable bonds is 4. The fourth-order valence-corrected chi connectivity index (χ4v) is 2.86. The lowest BCUT2D eigenvalue weighted by Crippen LogP contribution is -2.09. The molecule has 0 amide bonds. The highest BCUT2D eigenvalue weighted by Gasteiger charge is 2.18. The Bertz CT molecular complexity index is 724. The van der Waals surface area contributed by atoms with E-state index in [0.29, 0.717) is 21.2 Å². The highest BCUT2D eigenvalue weighted by Crippen LogP contribution is 2.28. The van der Waals surface area contributed by atoms with E-state index in [4.69, 9.17) is 23.2 Å². The van der Waals surface area contributed by atoms with E-state index >= 15 is 0 Å². The number of benzene rings is 2. The summed E-state index contributed by atoms with van der Waals surface area (Å²) in [4.78, 5) is 14.7. The van der Waals surface area contributed by atoms with Gasteiger partial charge in [-0.1, -0.05) is 51.3 Å². The minimum Gasteiger partial charge on any atom is -0.383 e. The zero-order chi connectivity index (χ0) is 16.3. The normalized spacial score (nSPS) is 11.4. The largest absolute Gasteiger partial charge is 0.383 e. The van der Waals surface area contributed by atoms with Crippen molar-refractivity contribution in [3.8, 4) is 0 Å². The highest BCUT2D eigenvalue weighted by atomic mass is 79.9. The first kappa shape index (κ1) is 17.1. The van der Waals surface area contributed by atoms with Crippen molar-refractivity contribution in [1.82, 2.24) is 4.90 Å². The van der Waals surface area contributed by atoms with Crippen LogP contribution in [0.2, 0.25) is 10.0 Å². The van der Waals surface area contributed by atoms with Crippen LogP contribution in [0.4, 0.5) is 0 Å². The summed E-state index contributed by atoms with van der Waals surface area (Å²) < 4.78 is 0.832. The van der Waals surface area contributed by atoms with Crippen molar-refractivity contribution in [3.63, 3.8) is 0 Å². The smallest absolute Gasteiger partial charge is 0.196 e.